The number of carbonyl (C=O) groups excluding carboxylic acids is 1. The first-order valence-corrected chi connectivity index (χ1v) is 11.3. The van der Waals surface area contributed by atoms with E-state index in [-0.39, 0.29) is 22.4 Å². The molecule has 1 aliphatic rings. The smallest absolute Gasteiger partial charge is 0.321 e. The molecule has 0 saturated carbocycles. The molecule has 2 rings (SSSR count). The molecule has 0 aliphatic carbocycles. The lowest BCUT2D eigenvalue weighted by Gasteiger charge is -2.27. The van der Waals surface area contributed by atoms with Crippen molar-refractivity contribution in [2.24, 2.45) is 0 Å². The van der Waals surface area contributed by atoms with Crippen LogP contribution in [0.3, 0.4) is 0 Å². The van der Waals surface area contributed by atoms with Crippen LogP contribution in [0.5, 0.6) is 0 Å². The Bertz CT molecular complexity index is 847. The van der Waals surface area contributed by atoms with Gasteiger partial charge in [0, 0.05) is 24.5 Å². The molecule has 9 heteroatoms. The first-order chi connectivity index (χ1) is 11.0. The number of nitrogens with zero attached hydrogens (tertiary/aromatic N) is 1. The molecule has 7 nitrogen and oxygen atoms in total. The number of carbonyl (C=O) groups is 1. The third-order valence-electron chi connectivity index (χ3n) is 4.13. The van der Waals surface area contributed by atoms with Gasteiger partial charge in [0.05, 0.1) is 16.4 Å². The lowest BCUT2D eigenvalue weighted by atomic mass is 10.2. The summed E-state index contributed by atoms with van der Waals surface area (Å²) >= 11 is 0. The van der Waals surface area contributed by atoms with E-state index in [1.165, 1.54) is 17.0 Å². The maximum absolute atomic E-state index is 12.5. The molecule has 1 fully saturated rings. The molecule has 0 aromatic heterocycles. The fraction of sp³-hybridized carbons (Fsp3) is 0.533. The molecule has 0 bridgehead atoms. The Morgan fingerprint density at radius 2 is 2.04 bits per heavy atom. The van der Waals surface area contributed by atoms with E-state index in [1.54, 1.807) is 19.9 Å². The van der Waals surface area contributed by atoms with Crippen LogP contribution in [0.25, 0.3) is 0 Å². The summed E-state index contributed by atoms with van der Waals surface area (Å²) < 4.78 is 46.6. The molecular formula is C15H22N2O5S2. The van der Waals surface area contributed by atoms with Crippen LogP contribution in [0.1, 0.15) is 18.9 Å². The van der Waals surface area contributed by atoms with Crippen molar-refractivity contribution in [2.75, 3.05) is 29.6 Å². The summed E-state index contributed by atoms with van der Waals surface area (Å²) in [6.45, 7) is 3.92. The molecule has 1 heterocycles. The molecule has 2 amide bonds. The normalized spacial score (nSPS) is 19.9. The van der Waals surface area contributed by atoms with E-state index >= 15 is 0 Å². The Balaban J connectivity index is 2.22. The SMILES string of the molecule is CCN(C(=O)Nc1cc(S(C)(=O)=O)ccc1C)C1CCS(=O)(=O)C1. The second kappa shape index (κ2) is 6.72. The van der Waals surface area contributed by atoms with Gasteiger partial charge in [0.1, 0.15) is 0 Å². The van der Waals surface area contributed by atoms with Crippen LogP contribution in [0.4, 0.5) is 10.5 Å². The molecule has 1 unspecified atom stereocenters. The lowest BCUT2D eigenvalue weighted by molar-refractivity contribution is 0.197. The van der Waals surface area contributed by atoms with Gasteiger partial charge in [0.25, 0.3) is 0 Å². The Morgan fingerprint density at radius 3 is 2.54 bits per heavy atom. The van der Waals surface area contributed by atoms with Crippen molar-refractivity contribution in [1.82, 2.24) is 4.90 Å². The molecule has 1 aromatic carbocycles. The Labute approximate surface area is 142 Å². The zero-order valence-electron chi connectivity index (χ0n) is 13.9. The highest BCUT2D eigenvalue weighted by atomic mass is 32.2. The monoisotopic (exact) mass is 374 g/mol. The largest absolute Gasteiger partial charge is 0.322 e. The molecule has 1 aliphatic heterocycles. The van der Waals surface area contributed by atoms with Crippen LogP contribution in [-0.4, -0.2) is 58.1 Å². The van der Waals surface area contributed by atoms with E-state index in [0.717, 1.165) is 11.8 Å². The minimum absolute atomic E-state index is 0.0311. The van der Waals surface area contributed by atoms with Crippen LogP contribution in [0.15, 0.2) is 23.1 Å². The van der Waals surface area contributed by atoms with Gasteiger partial charge in [0.2, 0.25) is 0 Å². The van der Waals surface area contributed by atoms with Crippen LogP contribution in [-0.2, 0) is 19.7 Å². The fourth-order valence-electron chi connectivity index (χ4n) is 2.74. The lowest BCUT2D eigenvalue weighted by Crippen LogP contribution is -2.43. The van der Waals surface area contributed by atoms with Gasteiger partial charge in [-0.1, -0.05) is 6.07 Å². The summed E-state index contributed by atoms with van der Waals surface area (Å²) in [6, 6.07) is 3.76. The number of hydrogen-bond donors (Lipinski definition) is 1. The molecule has 134 valence electrons. The van der Waals surface area contributed by atoms with Crippen molar-refractivity contribution >= 4 is 31.4 Å². The fourth-order valence-corrected chi connectivity index (χ4v) is 5.12. The topological polar surface area (TPSA) is 101 Å². The number of rotatable bonds is 4. The van der Waals surface area contributed by atoms with E-state index in [9.17, 15) is 21.6 Å². The highest BCUT2D eigenvalue weighted by Gasteiger charge is 2.34. The van der Waals surface area contributed by atoms with Crippen molar-refractivity contribution in [1.29, 1.82) is 0 Å². The predicted octanol–water partition coefficient (Wildman–Crippen LogP) is 1.44. The summed E-state index contributed by atoms with van der Waals surface area (Å²) in [5.41, 5.74) is 1.13. The van der Waals surface area contributed by atoms with Gasteiger partial charge < -0.3 is 10.2 Å². The third kappa shape index (κ3) is 4.27. The molecule has 24 heavy (non-hydrogen) atoms. The number of sulfone groups is 2. The molecule has 1 N–H and O–H groups in total. The average Bonchev–Trinajstić information content (AvgIpc) is 2.81. The number of benzene rings is 1. The van der Waals surface area contributed by atoms with Crippen molar-refractivity contribution in [3.63, 3.8) is 0 Å². The van der Waals surface area contributed by atoms with E-state index in [1.807, 2.05) is 0 Å². The van der Waals surface area contributed by atoms with E-state index in [4.69, 9.17) is 0 Å². The second-order valence-corrected chi connectivity index (χ2v) is 10.3. The maximum Gasteiger partial charge on any atom is 0.322 e. The van der Waals surface area contributed by atoms with Gasteiger partial charge in [-0.15, -0.1) is 0 Å². The first-order valence-electron chi connectivity index (χ1n) is 7.62. The summed E-state index contributed by atoms with van der Waals surface area (Å²) in [7, 11) is -6.47. The molecule has 1 aromatic rings. The van der Waals surface area contributed by atoms with Gasteiger partial charge in [-0.2, -0.15) is 0 Å². The van der Waals surface area contributed by atoms with Crippen molar-refractivity contribution in [3.05, 3.63) is 23.8 Å². The first kappa shape index (κ1) is 18.7. The molecular weight excluding hydrogens is 352 g/mol. The van der Waals surface area contributed by atoms with Gasteiger partial charge in [-0.3, -0.25) is 0 Å². The number of urea groups is 1. The van der Waals surface area contributed by atoms with Gasteiger partial charge in [-0.05, 0) is 38.0 Å². The number of aryl methyl sites for hydroxylation is 1. The van der Waals surface area contributed by atoms with Crippen LogP contribution < -0.4 is 5.32 Å². The highest BCUT2D eigenvalue weighted by molar-refractivity contribution is 7.91. The highest BCUT2D eigenvalue weighted by Crippen LogP contribution is 2.23. The van der Waals surface area contributed by atoms with Crippen molar-refractivity contribution in [2.45, 2.75) is 31.2 Å². The maximum atomic E-state index is 12.5. The minimum atomic E-state index is -3.38. The zero-order chi connectivity index (χ0) is 18.1. The van der Waals surface area contributed by atoms with Gasteiger partial charge in [-0.25, -0.2) is 21.6 Å². The summed E-state index contributed by atoms with van der Waals surface area (Å²) in [4.78, 5) is 14.1. The minimum Gasteiger partial charge on any atom is -0.321 e. The molecule has 0 spiro atoms. The van der Waals surface area contributed by atoms with Crippen molar-refractivity contribution in [3.8, 4) is 0 Å². The van der Waals surface area contributed by atoms with Gasteiger partial charge in [0.15, 0.2) is 19.7 Å². The number of anilines is 1. The standard InChI is InChI=1S/C15H22N2O5S2/c1-4-17(12-7-8-24(21,22)10-12)15(18)16-14-9-13(23(3,19)20)6-5-11(14)2/h5-6,9,12H,4,7-8,10H2,1-3H3,(H,16,18). The van der Waals surface area contributed by atoms with Gasteiger partial charge >= 0.3 is 6.03 Å². The van der Waals surface area contributed by atoms with Crippen LogP contribution >= 0.6 is 0 Å². The van der Waals surface area contributed by atoms with E-state index in [0.29, 0.717) is 18.7 Å². The summed E-state index contributed by atoms with van der Waals surface area (Å²) in [5, 5.41) is 2.71. The Hall–Kier alpha value is -1.61. The number of amides is 2. The van der Waals surface area contributed by atoms with Crippen molar-refractivity contribution < 1.29 is 21.6 Å². The summed E-state index contributed by atoms with van der Waals surface area (Å²) in [6.07, 6.45) is 1.52. The third-order valence-corrected chi connectivity index (χ3v) is 6.99. The van der Waals surface area contributed by atoms with E-state index in [2.05, 4.69) is 5.32 Å². The Morgan fingerprint density at radius 1 is 1.38 bits per heavy atom. The summed E-state index contributed by atoms with van der Waals surface area (Å²) in [5.74, 6) is 0.0562. The number of hydrogen-bond acceptors (Lipinski definition) is 5. The quantitative estimate of drug-likeness (QED) is 0.859. The van der Waals surface area contributed by atoms with Crippen LogP contribution in [0, 0.1) is 6.92 Å². The van der Waals surface area contributed by atoms with E-state index < -0.39 is 25.7 Å². The zero-order valence-corrected chi connectivity index (χ0v) is 15.6. The molecule has 1 saturated heterocycles. The second-order valence-electron chi connectivity index (χ2n) is 6.02. The molecule has 0 radical (unpaired) electrons. The predicted molar refractivity (Wildman–Crippen MR) is 92.7 cm³/mol. The molecule has 1 atom stereocenters. The van der Waals surface area contributed by atoms with Crippen LogP contribution in [0.2, 0.25) is 0 Å². The Kier molecular flexibility index (Phi) is 5.24. The number of nitrogens with one attached hydrogen (secondary N) is 1. The average molecular weight is 374 g/mol.